The highest BCUT2D eigenvalue weighted by molar-refractivity contribution is 14.1. The molecular weight excluding hydrogens is 291 g/mol. The van der Waals surface area contributed by atoms with E-state index < -0.39 is 0 Å². The van der Waals surface area contributed by atoms with Crippen molar-refractivity contribution in [1.82, 2.24) is 0 Å². The van der Waals surface area contributed by atoms with Gasteiger partial charge in [-0.25, -0.2) is 0 Å². The third-order valence-corrected chi connectivity index (χ3v) is 2.99. The van der Waals surface area contributed by atoms with E-state index >= 15 is 0 Å². The summed E-state index contributed by atoms with van der Waals surface area (Å²) in [4.78, 5) is 11.5. The molecule has 3 heteroatoms. The molecule has 0 heterocycles. The predicted octanol–water partition coefficient (Wildman–Crippen LogP) is 2.96. The van der Waals surface area contributed by atoms with E-state index in [0.29, 0.717) is 6.61 Å². The zero-order valence-corrected chi connectivity index (χ0v) is 10.4. The second-order valence-electron chi connectivity index (χ2n) is 3.00. The lowest BCUT2D eigenvalue weighted by Gasteiger charge is -2.12. The van der Waals surface area contributed by atoms with Gasteiger partial charge in [-0.1, -0.05) is 18.2 Å². The molecule has 0 saturated carbocycles. The Morgan fingerprint density at radius 3 is 2.71 bits per heavy atom. The Kier molecular flexibility index (Phi) is 4.38. The zero-order valence-electron chi connectivity index (χ0n) is 8.29. The summed E-state index contributed by atoms with van der Waals surface area (Å²) >= 11 is 2.23. The number of rotatable bonds is 3. The van der Waals surface area contributed by atoms with Crippen LogP contribution >= 0.6 is 22.6 Å². The average Bonchev–Trinajstić information content (AvgIpc) is 2.18. The molecule has 0 aliphatic heterocycles. The molecule has 0 N–H and O–H groups in total. The fraction of sp³-hybridized carbons (Fsp3) is 0.364. The smallest absolute Gasteiger partial charge is 0.313 e. The van der Waals surface area contributed by atoms with Gasteiger partial charge in [-0.15, -0.1) is 0 Å². The van der Waals surface area contributed by atoms with Gasteiger partial charge in [-0.3, -0.25) is 4.79 Å². The van der Waals surface area contributed by atoms with E-state index in [-0.39, 0.29) is 11.9 Å². The van der Waals surface area contributed by atoms with E-state index in [1.54, 1.807) is 0 Å². The lowest BCUT2D eigenvalue weighted by molar-refractivity contribution is -0.144. The van der Waals surface area contributed by atoms with Crippen LogP contribution in [0.1, 0.15) is 25.3 Å². The van der Waals surface area contributed by atoms with Gasteiger partial charge in [0.2, 0.25) is 0 Å². The van der Waals surface area contributed by atoms with Crippen LogP contribution in [-0.4, -0.2) is 12.6 Å². The van der Waals surface area contributed by atoms with Crippen LogP contribution in [0.2, 0.25) is 0 Å². The average molecular weight is 304 g/mol. The van der Waals surface area contributed by atoms with Crippen molar-refractivity contribution in [3.8, 4) is 0 Å². The monoisotopic (exact) mass is 304 g/mol. The van der Waals surface area contributed by atoms with E-state index in [4.69, 9.17) is 4.74 Å². The molecular formula is C11H13IO2. The molecule has 76 valence electrons. The van der Waals surface area contributed by atoms with Crippen molar-refractivity contribution in [2.24, 2.45) is 0 Å². The normalized spacial score (nSPS) is 12.2. The Morgan fingerprint density at radius 2 is 2.14 bits per heavy atom. The van der Waals surface area contributed by atoms with Gasteiger partial charge in [-0.2, -0.15) is 0 Å². The van der Waals surface area contributed by atoms with Crippen molar-refractivity contribution in [3.05, 3.63) is 33.4 Å². The van der Waals surface area contributed by atoms with Crippen molar-refractivity contribution in [3.63, 3.8) is 0 Å². The molecule has 1 aromatic rings. The van der Waals surface area contributed by atoms with E-state index in [2.05, 4.69) is 22.6 Å². The molecule has 1 aromatic carbocycles. The van der Waals surface area contributed by atoms with Gasteiger partial charge < -0.3 is 4.74 Å². The summed E-state index contributed by atoms with van der Waals surface area (Å²) in [5.41, 5.74) is 1.03. The minimum Gasteiger partial charge on any atom is -0.466 e. The molecule has 0 amide bonds. The Morgan fingerprint density at radius 1 is 1.50 bits per heavy atom. The van der Waals surface area contributed by atoms with Gasteiger partial charge in [0.15, 0.2) is 0 Å². The van der Waals surface area contributed by atoms with Gasteiger partial charge in [0.05, 0.1) is 12.5 Å². The SMILES string of the molecule is CCOC(=O)C(C)c1ccccc1I. The van der Waals surface area contributed by atoms with Crippen LogP contribution in [0.25, 0.3) is 0 Å². The van der Waals surface area contributed by atoms with Gasteiger partial charge in [0, 0.05) is 3.57 Å². The van der Waals surface area contributed by atoms with E-state index in [1.165, 1.54) is 0 Å². The molecule has 0 spiro atoms. The van der Waals surface area contributed by atoms with Crippen LogP contribution in [-0.2, 0) is 9.53 Å². The third-order valence-electron chi connectivity index (χ3n) is 2.01. The molecule has 14 heavy (non-hydrogen) atoms. The number of carbonyl (C=O) groups excluding carboxylic acids is 1. The predicted molar refractivity (Wildman–Crippen MR) is 64.2 cm³/mol. The number of hydrogen-bond donors (Lipinski definition) is 0. The first-order valence-electron chi connectivity index (χ1n) is 4.58. The second-order valence-corrected chi connectivity index (χ2v) is 4.16. The molecule has 0 aliphatic rings. The Labute approximate surface area is 97.8 Å². The molecule has 0 saturated heterocycles. The topological polar surface area (TPSA) is 26.3 Å². The van der Waals surface area contributed by atoms with Crippen molar-refractivity contribution >= 4 is 28.6 Å². The van der Waals surface area contributed by atoms with Crippen molar-refractivity contribution in [2.75, 3.05) is 6.61 Å². The Balaban J connectivity index is 2.84. The molecule has 2 nitrogen and oxygen atoms in total. The Hall–Kier alpha value is -0.580. The number of carbonyl (C=O) groups is 1. The first-order valence-corrected chi connectivity index (χ1v) is 5.65. The van der Waals surface area contributed by atoms with E-state index in [1.807, 2.05) is 38.1 Å². The molecule has 1 atom stereocenters. The number of hydrogen-bond acceptors (Lipinski definition) is 2. The van der Waals surface area contributed by atoms with Crippen molar-refractivity contribution in [1.29, 1.82) is 0 Å². The molecule has 1 unspecified atom stereocenters. The minimum absolute atomic E-state index is 0.156. The number of ether oxygens (including phenoxy) is 1. The van der Waals surface area contributed by atoms with Crippen LogP contribution in [0.15, 0.2) is 24.3 Å². The highest BCUT2D eigenvalue weighted by atomic mass is 127. The van der Waals surface area contributed by atoms with E-state index in [9.17, 15) is 4.79 Å². The largest absolute Gasteiger partial charge is 0.466 e. The summed E-state index contributed by atoms with van der Waals surface area (Å²) in [5, 5.41) is 0. The number of halogens is 1. The molecule has 0 radical (unpaired) electrons. The van der Waals surface area contributed by atoms with Crippen LogP contribution in [0.5, 0.6) is 0 Å². The highest BCUT2D eigenvalue weighted by Crippen LogP contribution is 2.22. The molecule has 0 fully saturated rings. The summed E-state index contributed by atoms with van der Waals surface area (Å²) in [6.45, 7) is 4.13. The van der Waals surface area contributed by atoms with Gasteiger partial charge in [-0.05, 0) is 48.1 Å². The minimum atomic E-state index is -0.178. The zero-order chi connectivity index (χ0) is 10.6. The fourth-order valence-corrected chi connectivity index (χ4v) is 2.08. The number of benzene rings is 1. The van der Waals surface area contributed by atoms with Gasteiger partial charge in [0.1, 0.15) is 0 Å². The van der Waals surface area contributed by atoms with E-state index in [0.717, 1.165) is 9.13 Å². The lowest BCUT2D eigenvalue weighted by atomic mass is 10.0. The highest BCUT2D eigenvalue weighted by Gasteiger charge is 2.17. The van der Waals surface area contributed by atoms with Crippen LogP contribution in [0.4, 0.5) is 0 Å². The van der Waals surface area contributed by atoms with Gasteiger partial charge in [0.25, 0.3) is 0 Å². The maximum atomic E-state index is 11.5. The quantitative estimate of drug-likeness (QED) is 0.634. The first-order chi connectivity index (χ1) is 6.66. The van der Waals surface area contributed by atoms with Crippen LogP contribution in [0.3, 0.4) is 0 Å². The fourth-order valence-electron chi connectivity index (χ4n) is 1.22. The van der Waals surface area contributed by atoms with Crippen LogP contribution < -0.4 is 0 Å². The van der Waals surface area contributed by atoms with Crippen molar-refractivity contribution in [2.45, 2.75) is 19.8 Å². The summed E-state index contributed by atoms with van der Waals surface area (Å²) < 4.78 is 6.07. The lowest BCUT2D eigenvalue weighted by Crippen LogP contribution is -2.13. The molecule has 0 bridgehead atoms. The number of esters is 1. The molecule has 0 aliphatic carbocycles. The van der Waals surface area contributed by atoms with Gasteiger partial charge >= 0.3 is 5.97 Å². The maximum Gasteiger partial charge on any atom is 0.313 e. The van der Waals surface area contributed by atoms with Crippen molar-refractivity contribution < 1.29 is 9.53 Å². The summed E-state index contributed by atoms with van der Waals surface area (Å²) in [6.07, 6.45) is 0. The Bertz CT molecular complexity index is 323. The van der Waals surface area contributed by atoms with Crippen LogP contribution in [0, 0.1) is 3.57 Å². The molecule has 1 rings (SSSR count). The summed E-state index contributed by atoms with van der Waals surface area (Å²) in [5.74, 6) is -0.334. The standard InChI is InChI=1S/C11H13IO2/c1-3-14-11(13)8(2)9-6-4-5-7-10(9)12/h4-8H,3H2,1-2H3. The summed E-state index contributed by atoms with van der Waals surface area (Å²) in [7, 11) is 0. The third kappa shape index (κ3) is 2.70. The first kappa shape index (κ1) is 11.5. The second kappa shape index (κ2) is 5.34. The summed E-state index contributed by atoms with van der Waals surface area (Å²) in [6, 6.07) is 7.85. The molecule has 0 aromatic heterocycles. The maximum absolute atomic E-state index is 11.5.